The Bertz CT molecular complexity index is 1110. The quantitative estimate of drug-likeness (QED) is 0.0772. The highest BCUT2D eigenvalue weighted by molar-refractivity contribution is 6.32. The van der Waals surface area contributed by atoms with Crippen molar-refractivity contribution < 1.29 is 42.8 Å². The molecule has 0 aromatic heterocycles. The molecule has 0 radical (unpaired) electrons. The van der Waals surface area contributed by atoms with E-state index in [-0.39, 0.29) is 35.9 Å². The first-order chi connectivity index (χ1) is 19.6. The van der Waals surface area contributed by atoms with Crippen molar-refractivity contribution in [2.75, 3.05) is 54.2 Å². The molecule has 216 valence electrons. The van der Waals surface area contributed by atoms with Gasteiger partial charge in [-0.05, 0) is 11.1 Å². The highest BCUT2D eigenvalue weighted by Crippen LogP contribution is 2.40. The summed E-state index contributed by atoms with van der Waals surface area (Å²) in [6.07, 6.45) is -1.17. The fourth-order valence-electron chi connectivity index (χ4n) is 3.77. The van der Waals surface area contributed by atoms with Crippen molar-refractivity contribution in [1.82, 2.24) is 0 Å². The van der Waals surface area contributed by atoms with Crippen LogP contribution in [0.25, 0.3) is 0 Å². The van der Waals surface area contributed by atoms with Crippen LogP contribution in [0.1, 0.15) is 17.0 Å². The van der Waals surface area contributed by atoms with E-state index < -0.39 is 18.0 Å². The zero-order valence-corrected chi connectivity index (χ0v) is 23.2. The SMILES string of the molecule is COCCOCOc1cc(OC(=O)C(ON)C(c2ccccc2)c2ccccc2)cc(Cl)c1OCOCCOC. The van der Waals surface area contributed by atoms with Gasteiger partial charge in [0.2, 0.25) is 0 Å². The lowest BCUT2D eigenvalue weighted by molar-refractivity contribution is -0.148. The molecule has 3 rings (SSSR count). The Hall–Kier alpha value is -3.22. The number of halogens is 1. The maximum absolute atomic E-state index is 13.4. The Labute approximate surface area is 238 Å². The van der Waals surface area contributed by atoms with E-state index in [1.54, 1.807) is 14.2 Å². The molecule has 0 aliphatic heterocycles. The molecule has 3 aromatic carbocycles. The highest BCUT2D eigenvalue weighted by Gasteiger charge is 2.34. The van der Waals surface area contributed by atoms with Gasteiger partial charge in [-0.2, -0.15) is 0 Å². The summed E-state index contributed by atoms with van der Waals surface area (Å²) in [5.74, 6) is 4.86. The lowest BCUT2D eigenvalue weighted by Crippen LogP contribution is -2.37. The van der Waals surface area contributed by atoms with Gasteiger partial charge in [-0.3, -0.25) is 4.84 Å². The van der Waals surface area contributed by atoms with E-state index in [1.165, 1.54) is 12.1 Å². The Morgan fingerprint density at radius 2 is 1.35 bits per heavy atom. The zero-order valence-electron chi connectivity index (χ0n) is 22.5. The minimum absolute atomic E-state index is 0.0940. The zero-order chi connectivity index (χ0) is 28.6. The van der Waals surface area contributed by atoms with E-state index in [9.17, 15) is 4.79 Å². The normalized spacial score (nSPS) is 11.8. The molecule has 0 aliphatic carbocycles. The second-order valence-corrected chi connectivity index (χ2v) is 8.74. The summed E-state index contributed by atoms with van der Waals surface area (Å²) in [6, 6.07) is 21.7. The van der Waals surface area contributed by atoms with Crippen LogP contribution in [0.4, 0.5) is 0 Å². The van der Waals surface area contributed by atoms with Crippen LogP contribution in [-0.2, 0) is 28.6 Å². The van der Waals surface area contributed by atoms with Crippen LogP contribution in [0.2, 0.25) is 5.02 Å². The molecule has 11 heteroatoms. The molecular weight excluding hydrogens is 542 g/mol. The van der Waals surface area contributed by atoms with Gasteiger partial charge in [0.05, 0.1) is 31.5 Å². The summed E-state index contributed by atoms with van der Waals surface area (Å²) in [6.45, 7) is 1.19. The van der Waals surface area contributed by atoms with Crippen molar-refractivity contribution in [2.45, 2.75) is 12.0 Å². The third-order valence-electron chi connectivity index (χ3n) is 5.65. The minimum atomic E-state index is -1.17. The van der Waals surface area contributed by atoms with Gasteiger partial charge >= 0.3 is 5.97 Å². The number of hydrogen-bond acceptors (Lipinski definition) is 10. The molecule has 0 heterocycles. The van der Waals surface area contributed by atoms with Crippen LogP contribution in [-0.4, -0.2) is 66.3 Å². The van der Waals surface area contributed by atoms with Crippen LogP contribution in [0.3, 0.4) is 0 Å². The molecule has 0 fully saturated rings. The smallest absolute Gasteiger partial charge is 0.343 e. The monoisotopic (exact) mass is 575 g/mol. The van der Waals surface area contributed by atoms with Crippen LogP contribution in [0.15, 0.2) is 72.8 Å². The number of esters is 1. The highest BCUT2D eigenvalue weighted by atomic mass is 35.5. The van der Waals surface area contributed by atoms with Gasteiger partial charge < -0.3 is 33.2 Å². The topological polar surface area (TPSA) is 117 Å². The molecule has 40 heavy (non-hydrogen) atoms. The first-order valence-electron chi connectivity index (χ1n) is 12.5. The van der Waals surface area contributed by atoms with Crippen LogP contribution < -0.4 is 20.1 Å². The Kier molecular flexibility index (Phi) is 13.7. The van der Waals surface area contributed by atoms with Crippen LogP contribution in [0, 0.1) is 0 Å². The van der Waals surface area contributed by atoms with Gasteiger partial charge in [0, 0.05) is 32.3 Å². The van der Waals surface area contributed by atoms with Crippen molar-refractivity contribution in [3.63, 3.8) is 0 Å². The van der Waals surface area contributed by atoms with E-state index >= 15 is 0 Å². The van der Waals surface area contributed by atoms with Gasteiger partial charge in [-0.15, -0.1) is 0 Å². The number of nitrogens with two attached hydrogens (primary N) is 1. The predicted molar refractivity (Wildman–Crippen MR) is 148 cm³/mol. The Balaban J connectivity index is 1.83. The number of benzene rings is 3. The third kappa shape index (κ3) is 9.46. The number of methoxy groups -OCH3 is 2. The fraction of sp³-hybridized carbons (Fsp3) is 0.345. The number of carbonyl (C=O) groups excluding carboxylic acids is 1. The standard InChI is InChI=1S/C29H34ClNO9/c1-33-13-15-35-19-37-25-18-23(17-24(30)27(25)38-20-36-16-14-34-2)39-29(32)28(40-31)26(21-9-5-3-6-10-21)22-11-7-4-8-12-22/h3-12,17-18,26,28H,13-16,19-20,31H2,1-2H3. The van der Waals surface area contributed by atoms with Crippen molar-refractivity contribution >= 4 is 17.6 Å². The van der Waals surface area contributed by atoms with E-state index in [0.717, 1.165) is 11.1 Å². The molecular formula is C29H34ClNO9. The number of rotatable bonds is 18. The summed E-state index contributed by atoms with van der Waals surface area (Å²) in [5, 5.41) is 0.125. The maximum Gasteiger partial charge on any atom is 0.343 e. The summed E-state index contributed by atoms with van der Waals surface area (Å²) >= 11 is 6.50. The molecule has 0 saturated heterocycles. The lowest BCUT2D eigenvalue weighted by atomic mass is 9.86. The molecule has 10 nitrogen and oxygen atoms in total. The van der Waals surface area contributed by atoms with Gasteiger partial charge in [0.25, 0.3) is 0 Å². The molecule has 0 amide bonds. The molecule has 1 unspecified atom stereocenters. The summed E-state index contributed by atoms with van der Waals surface area (Å²) in [5.41, 5.74) is 1.65. The first-order valence-corrected chi connectivity index (χ1v) is 12.9. The summed E-state index contributed by atoms with van der Waals surface area (Å²) in [7, 11) is 3.13. The molecule has 0 bridgehead atoms. The Morgan fingerprint density at radius 1 is 0.800 bits per heavy atom. The molecule has 0 spiro atoms. The number of ether oxygens (including phenoxy) is 7. The largest absolute Gasteiger partial charge is 0.463 e. The van der Waals surface area contributed by atoms with Crippen LogP contribution >= 0.6 is 11.6 Å². The maximum atomic E-state index is 13.4. The van der Waals surface area contributed by atoms with Crippen molar-refractivity contribution in [2.24, 2.45) is 5.90 Å². The lowest BCUT2D eigenvalue weighted by Gasteiger charge is -2.25. The minimum Gasteiger partial charge on any atom is -0.463 e. The average Bonchev–Trinajstić information content (AvgIpc) is 2.97. The summed E-state index contributed by atoms with van der Waals surface area (Å²) in [4.78, 5) is 18.6. The molecule has 0 aliphatic rings. The molecule has 1 atom stereocenters. The van der Waals surface area contributed by atoms with E-state index in [0.29, 0.717) is 26.4 Å². The summed E-state index contributed by atoms with van der Waals surface area (Å²) < 4.78 is 37.8. The molecule has 2 N–H and O–H groups in total. The predicted octanol–water partition coefficient (Wildman–Crippen LogP) is 4.34. The average molecular weight is 576 g/mol. The van der Waals surface area contributed by atoms with Gasteiger partial charge in [0.15, 0.2) is 31.2 Å². The second kappa shape index (κ2) is 17.5. The second-order valence-electron chi connectivity index (χ2n) is 8.34. The van der Waals surface area contributed by atoms with Crippen molar-refractivity contribution in [1.29, 1.82) is 0 Å². The van der Waals surface area contributed by atoms with Crippen molar-refractivity contribution in [3.05, 3.63) is 88.9 Å². The van der Waals surface area contributed by atoms with E-state index in [1.807, 2.05) is 60.7 Å². The number of carbonyl (C=O) groups is 1. The molecule has 3 aromatic rings. The van der Waals surface area contributed by atoms with Gasteiger partial charge in [0.1, 0.15) is 5.75 Å². The Morgan fingerprint density at radius 3 is 1.88 bits per heavy atom. The van der Waals surface area contributed by atoms with E-state index in [4.69, 9.17) is 55.5 Å². The van der Waals surface area contributed by atoms with E-state index in [2.05, 4.69) is 0 Å². The number of hydrogen-bond donors (Lipinski definition) is 1. The fourth-order valence-corrected chi connectivity index (χ4v) is 4.02. The van der Waals surface area contributed by atoms with Crippen molar-refractivity contribution in [3.8, 4) is 17.2 Å². The first kappa shape index (κ1) is 31.3. The molecule has 0 saturated carbocycles. The van der Waals surface area contributed by atoms with Gasteiger partial charge in [-0.25, -0.2) is 10.7 Å². The van der Waals surface area contributed by atoms with Crippen LogP contribution in [0.5, 0.6) is 17.2 Å². The van der Waals surface area contributed by atoms with Gasteiger partial charge in [-0.1, -0.05) is 72.3 Å². The third-order valence-corrected chi connectivity index (χ3v) is 5.93.